The fourth-order valence-corrected chi connectivity index (χ4v) is 8.80. The molecule has 0 aliphatic rings. The van der Waals surface area contributed by atoms with Crippen molar-refractivity contribution in [3.05, 3.63) is 134 Å². The standard InChI is InChI=1S/C74H123NO8/c1-6-8-10-12-14-16-18-20-22-24-26-28-29-30-31-32-33-34-35-36-37-38-39-40-41-42-43-45-47-49-51-53-55-57-59-61-63-65-72(77)83-70(69-82-74(73(78)79)80-67-66-75(3,4)5)68-81-71(76)64-62-60-58-56-54-52-50-48-46-44-27-25-23-21-19-17-15-13-11-9-7-2/h8,10,14,16,20,22,25-28,30-31,33-34,36-37,39-40,42-43,47,49,70,74H,6-7,9,11-13,15,17-19,21,23-24,29,32,35,38,41,44-46,48,50-69H2,1-5H3/p+1/b10-8-,16-14-,22-20-,27-25-,28-26-,31-30-,34-33-,37-36-,40-39-,43-42-,49-47-. The van der Waals surface area contributed by atoms with Crippen molar-refractivity contribution in [1.82, 2.24) is 0 Å². The number of esters is 2. The summed E-state index contributed by atoms with van der Waals surface area (Å²) in [7, 11) is 5.96. The Kier molecular flexibility index (Phi) is 60.0. The third kappa shape index (κ3) is 64.8. The lowest BCUT2D eigenvalue weighted by Gasteiger charge is -2.25. The van der Waals surface area contributed by atoms with Gasteiger partial charge >= 0.3 is 17.9 Å². The van der Waals surface area contributed by atoms with Crippen LogP contribution in [-0.4, -0.2) is 87.4 Å². The van der Waals surface area contributed by atoms with Gasteiger partial charge in [-0.25, -0.2) is 4.79 Å². The number of carboxylic acid groups (broad SMARTS) is 1. The van der Waals surface area contributed by atoms with Crippen LogP contribution < -0.4 is 0 Å². The number of hydrogen-bond donors (Lipinski definition) is 1. The predicted molar refractivity (Wildman–Crippen MR) is 354 cm³/mol. The molecule has 472 valence electrons. The summed E-state index contributed by atoms with van der Waals surface area (Å²) in [5.41, 5.74) is 0. The molecule has 0 aliphatic heterocycles. The molecule has 2 unspecified atom stereocenters. The lowest BCUT2D eigenvalue weighted by molar-refractivity contribution is -0.870. The van der Waals surface area contributed by atoms with Gasteiger partial charge in [-0.3, -0.25) is 9.59 Å². The maximum Gasteiger partial charge on any atom is 0.361 e. The van der Waals surface area contributed by atoms with Crippen molar-refractivity contribution in [2.24, 2.45) is 0 Å². The first-order valence-electron chi connectivity index (χ1n) is 33.3. The van der Waals surface area contributed by atoms with Gasteiger partial charge in [0.15, 0.2) is 6.10 Å². The van der Waals surface area contributed by atoms with Gasteiger partial charge in [0.1, 0.15) is 13.2 Å². The number of quaternary nitrogens is 1. The van der Waals surface area contributed by atoms with Crippen LogP contribution in [-0.2, 0) is 33.3 Å². The largest absolute Gasteiger partial charge is 0.477 e. The molecule has 0 rings (SSSR count). The van der Waals surface area contributed by atoms with E-state index in [1.54, 1.807) is 0 Å². The van der Waals surface area contributed by atoms with Crippen LogP contribution in [0, 0.1) is 0 Å². The molecule has 83 heavy (non-hydrogen) atoms. The van der Waals surface area contributed by atoms with Crippen LogP contribution in [0.4, 0.5) is 0 Å². The highest BCUT2D eigenvalue weighted by Gasteiger charge is 2.25. The zero-order chi connectivity index (χ0) is 60.5. The van der Waals surface area contributed by atoms with E-state index in [1.165, 1.54) is 103 Å². The van der Waals surface area contributed by atoms with Crippen LogP contribution in [0.1, 0.15) is 258 Å². The number of unbranched alkanes of at least 4 members (excludes halogenated alkanes) is 23. The Morgan fingerprint density at radius 1 is 0.373 bits per heavy atom. The third-order valence-electron chi connectivity index (χ3n) is 13.9. The lowest BCUT2D eigenvalue weighted by atomic mass is 10.1. The summed E-state index contributed by atoms with van der Waals surface area (Å²) in [4.78, 5) is 37.5. The summed E-state index contributed by atoms with van der Waals surface area (Å²) in [5.74, 6) is -2.03. The van der Waals surface area contributed by atoms with E-state index in [-0.39, 0.29) is 32.2 Å². The molecule has 0 radical (unpaired) electrons. The van der Waals surface area contributed by atoms with Gasteiger partial charge in [-0.05, 0) is 116 Å². The quantitative estimate of drug-likeness (QED) is 0.0211. The maximum absolute atomic E-state index is 12.9. The number of carbonyl (C=O) groups is 3. The molecule has 2 atom stereocenters. The number of carbonyl (C=O) groups excluding carboxylic acids is 2. The molecule has 0 aromatic heterocycles. The van der Waals surface area contributed by atoms with Crippen molar-refractivity contribution in [2.75, 3.05) is 47.5 Å². The Bertz CT molecular complexity index is 1820. The normalized spacial score (nSPS) is 13.6. The number of likely N-dealkylation sites (N-methyl/N-ethyl adjacent to an activating group) is 1. The van der Waals surface area contributed by atoms with Crippen LogP contribution in [0.3, 0.4) is 0 Å². The molecule has 0 heterocycles. The van der Waals surface area contributed by atoms with Crippen molar-refractivity contribution < 1.29 is 42.9 Å². The van der Waals surface area contributed by atoms with E-state index in [0.717, 1.165) is 122 Å². The second-order valence-corrected chi connectivity index (χ2v) is 23.0. The van der Waals surface area contributed by atoms with E-state index >= 15 is 0 Å². The minimum absolute atomic E-state index is 0.178. The fourth-order valence-electron chi connectivity index (χ4n) is 8.80. The topological polar surface area (TPSA) is 108 Å². The Hall–Kier alpha value is -4.57. The molecule has 0 aromatic rings. The molecule has 0 bridgehead atoms. The van der Waals surface area contributed by atoms with E-state index in [4.69, 9.17) is 18.9 Å². The molecule has 9 heteroatoms. The third-order valence-corrected chi connectivity index (χ3v) is 13.9. The fraction of sp³-hybridized carbons (Fsp3) is 0.662. The SMILES string of the molecule is CC/C=C\C/C=C\C/C=C\C/C=C\C/C=C\C/C=C\C/C=C\C/C=C\C/C=C\C/C=C\CCCCCCCCC(=O)OC(COC(=O)CCCCCCCCCCC/C=C\CCCCCCCCCC)COC(OCC[N+](C)(C)C)C(=O)O. The van der Waals surface area contributed by atoms with E-state index in [2.05, 4.69) is 148 Å². The van der Waals surface area contributed by atoms with Gasteiger partial charge in [0.2, 0.25) is 0 Å². The highest BCUT2D eigenvalue weighted by Crippen LogP contribution is 2.15. The molecule has 0 aromatic carbocycles. The Morgan fingerprint density at radius 2 is 0.687 bits per heavy atom. The number of aliphatic carboxylic acids is 1. The van der Waals surface area contributed by atoms with Gasteiger partial charge in [-0.15, -0.1) is 0 Å². The molecule has 9 nitrogen and oxygen atoms in total. The van der Waals surface area contributed by atoms with Crippen LogP contribution in [0.5, 0.6) is 0 Å². The number of hydrogen-bond acceptors (Lipinski definition) is 7. The van der Waals surface area contributed by atoms with Gasteiger partial charge in [0.05, 0.1) is 34.4 Å². The van der Waals surface area contributed by atoms with Crippen LogP contribution in [0.15, 0.2) is 134 Å². The number of carboxylic acids is 1. The lowest BCUT2D eigenvalue weighted by Crippen LogP contribution is -2.40. The maximum atomic E-state index is 12.9. The van der Waals surface area contributed by atoms with Gasteiger partial charge < -0.3 is 28.5 Å². The molecular formula is C74H124NO8+. The summed E-state index contributed by atoms with van der Waals surface area (Å²) < 4.78 is 22.9. The Morgan fingerprint density at radius 3 is 1.04 bits per heavy atom. The van der Waals surface area contributed by atoms with Crippen molar-refractivity contribution in [1.29, 1.82) is 0 Å². The van der Waals surface area contributed by atoms with Crippen molar-refractivity contribution in [3.63, 3.8) is 0 Å². The molecule has 0 aliphatic carbocycles. The first kappa shape index (κ1) is 78.4. The predicted octanol–water partition coefficient (Wildman–Crippen LogP) is 20.6. The monoisotopic (exact) mass is 1150 g/mol. The summed E-state index contributed by atoms with van der Waals surface area (Å²) in [5, 5.41) is 9.73. The molecule has 0 fully saturated rings. The van der Waals surface area contributed by atoms with Crippen molar-refractivity contribution >= 4 is 17.9 Å². The van der Waals surface area contributed by atoms with Crippen LogP contribution in [0.2, 0.25) is 0 Å². The number of allylic oxidation sites excluding steroid dienone is 22. The molecule has 0 amide bonds. The summed E-state index contributed by atoms with van der Waals surface area (Å²) in [6.45, 7) is 4.74. The zero-order valence-electron chi connectivity index (χ0n) is 53.8. The summed E-state index contributed by atoms with van der Waals surface area (Å²) >= 11 is 0. The second-order valence-electron chi connectivity index (χ2n) is 23.0. The molecular weight excluding hydrogens is 1030 g/mol. The van der Waals surface area contributed by atoms with Gasteiger partial charge in [0, 0.05) is 12.8 Å². The molecule has 0 saturated carbocycles. The van der Waals surface area contributed by atoms with Gasteiger partial charge in [-0.2, -0.15) is 0 Å². The van der Waals surface area contributed by atoms with E-state index in [0.29, 0.717) is 23.9 Å². The molecule has 0 saturated heterocycles. The highest BCUT2D eigenvalue weighted by molar-refractivity contribution is 5.71. The number of nitrogens with zero attached hydrogens (tertiary/aromatic N) is 1. The second kappa shape index (κ2) is 63.5. The zero-order valence-corrected chi connectivity index (χ0v) is 53.8. The van der Waals surface area contributed by atoms with Crippen molar-refractivity contribution in [2.45, 2.75) is 270 Å². The summed E-state index contributed by atoms with van der Waals surface area (Å²) in [6.07, 6.45) is 88.3. The van der Waals surface area contributed by atoms with Gasteiger partial charge in [0.25, 0.3) is 6.29 Å². The first-order valence-corrected chi connectivity index (χ1v) is 33.3. The van der Waals surface area contributed by atoms with E-state index < -0.39 is 24.3 Å². The Balaban J connectivity index is 4.24. The minimum Gasteiger partial charge on any atom is -0.477 e. The molecule has 1 N–H and O–H groups in total. The van der Waals surface area contributed by atoms with Crippen molar-refractivity contribution in [3.8, 4) is 0 Å². The number of ether oxygens (including phenoxy) is 4. The number of rotatable bonds is 60. The first-order chi connectivity index (χ1) is 40.6. The van der Waals surface area contributed by atoms with E-state index in [1.807, 2.05) is 21.1 Å². The smallest absolute Gasteiger partial charge is 0.361 e. The van der Waals surface area contributed by atoms with Gasteiger partial charge in [-0.1, -0.05) is 263 Å². The molecule has 0 spiro atoms. The minimum atomic E-state index is -1.52. The average molecular weight is 1160 g/mol. The van der Waals surface area contributed by atoms with Crippen LogP contribution in [0.25, 0.3) is 0 Å². The highest BCUT2D eigenvalue weighted by atomic mass is 16.7. The average Bonchev–Trinajstić information content (AvgIpc) is 3.46. The summed E-state index contributed by atoms with van der Waals surface area (Å²) in [6, 6.07) is 0. The van der Waals surface area contributed by atoms with Crippen LogP contribution >= 0.6 is 0 Å². The Labute approximate surface area is 509 Å². The van der Waals surface area contributed by atoms with E-state index in [9.17, 15) is 19.5 Å².